The lowest BCUT2D eigenvalue weighted by Crippen LogP contribution is -2.10. The fraction of sp³-hybridized carbons (Fsp3) is 0.571. The predicted octanol–water partition coefficient (Wildman–Crippen LogP) is 3.28. The molecule has 0 aromatic heterocycles. The quantitative estimate of drug-likeness (QED) is 0.740. The zero-order chi connectivity index (χ0) is 12.7. The van der Waals surface area contributed by atoms with Gasteiger partial charge in [0.2, 0.25) is 0 Å². The van der Waals surface area contributed by atoms with Crippen LogP contribution in [0, 0.1) is 0 Å². The first kappa shape index (κ1) is 13.8. The van der Waals surface area contributed by atoms with Crippen molar-refractivity contribution in [3.63, 3.8) is 0 Å². The van der Waals surface area contributed by atoms with Crippen molar-refractivity contribution in [2.75, 3.05) is 14.2 Å². The lowest BCUT2D eigenvalue weighted by Gasteiger charge is -2.14. The van der Waals surface area contributed by atoms with Crippen molar-refractivity contribution >= 4 is 0 Å². The number of rotatable bonds is 7. The van der Waals surface area contributed by atoms with Crippen LogP contribution in [0.25, 0.3) is 0 Å². The molecule has 0 aliphatic carbocycles. The van der Waals surface area contributed by atoms with Crippen molar-refractivity contribution in [3.05, 3.63) is 23.8 Å². The van der Waals surface area contributed by atoms with Crippen molar-refractivity contribution in [3.8, 4) is 11.5 Å². The van der Waals surface area contributed by atoms with Gasteiger partial charge >= 0.3 is 0 Å². The third-order valence-corrected chi connectivity index (χ3v) is 2.92. The fourth-order valence-electron chi connectivity index (χ4n) is 1.82. The summed E-state index contributed by atoms with van der Waals surface area (Å²) in [5, 5.41) is 0. The molecule has 1 atom stereocenters. The number of nitrogens with two attached hydrogens (primary N) is 1. The third-order valence-electron chi connectivity index (χ3n) is 2.92. The average Bonchev–Trinajstić information content (AvgIpc) is 2.38. The maximum Gasteiger partial charge on any atom is 0.122 e. The predicted molar refractivity (Wildman–Crippen MR) is 70.6 cm³/mol. The van der Waals surface area contributed by atoms with E-state index in [0.29, 0.717) is 0 Å². The topological polar surface area (TPSA) is 44.5 Å². The fourth-order valence-corrected chi connectivity index (χ4v) is 1.82. The van der Waals surface area contributed by atoms with Crippen LogP contribution in [0.3, 0.4) is 0 Å². The van der Waals surface area contributed by atoms with E-state index >= 15 is 0 Å². The van der Waals surface area contributed by atoms with Crippen LogP contribution >= 0.6 is 0 Å². The van der Waals surface area contributed by atoms with Crippen LogP contribution in [0.4, 0.5) is 0 Å². The van der Waals surface area contributed by atoms with Crippen LogP contribution in [0.2, 0.25) is 0 Å². The maximum atomic E-state index is 6.17. The molecule has 0 saturated heterocycles. The summed E-state index contributed by atoms with van der Waals surface area (Å²) in [5.41, 5.74) is 7.25. The average molecular weight is 237 g/mol. The Bertz CT molecular complexity index is 317. The zero-order valence-corrected chi connectivity index (χ0v) is 11.0. The first-order valence-corrected chi connectivity index (χ1v) is 6.19. The largest absolute Gasteiger partial charge is 0.497 e. The van der Waals surface area contributed by atoms with Crippen molar-refractivity contribution in [2.24, 2.45) is 5.73 Å². The molecule has 3 heteroatoms. The lowest BCUT2D eigenvalue weighted by atomic mass is 10.0. The van der Waals surface area contributed by atoms with Gasteiger partial charge in [-0.15, -0.1) is 0 Å². The van der Waals surface area contributed by atoms with E-state index in [2.05, 4.69) is 6.92 Å². The molecule has 1 aromatic rings. The van der Waals surface area contributed by atoms with Gasteiger partial charge in [0.1, 0.15) is 11.5 Å². The molecule has 2 N–H and O–H groups in total. The van der Waals surface area contributed by atoms with Crippen LogP contribution in [-0.2, 0) is 0 Å². The van der Waals surface area contributed by atoms with E-state index < -0.39 is 0 Å². The van der Waals surface area contributed by atoms with E-state index in [9.17, 15) is 0 Å². The zero-order valence-electron chi connectivity index (χ0n) is 11.0. The highest BCUT2D eigenvalue weighted by Gasteiger charge is 2.09. The summed E-state index contributed by atoms with van der Waals surface area (Å²) in [6.45, 7) is 2.19. The van der Waals surface area contributed by atoms with Crippen molar-refractivity contribution in [1.82, 2.24) is 0 Å². The highest BCUT2D eigenvalue weighted by molar-refractivity contribution is 5.39. The van der Waals surface area contributed by atoms with Gasteiger partial charge in [0.05, 0.1) is 14.2 Å². The second kappa shape index (κ2) is 7.17. The van der Waals surface area contributed by atoms with E-state index in [-0.39, 0.29) is 6.04 Å². The highest BCUT2D eigenvalue weighted by Crippen LogP contribution is 2.27. The second-order valence-corrected chi connectivity index (χ2v) is 4.25. The molecular weight excluding hydrogens is 214 g/mol. The molecule has 1 unspecified atom stereocenters. The van der Waals surface area contributed by atoms with Crippen molar-refractivity contribution in [2.45, 2.75) is 38.6 Å². The molecule has 0 fully saturated rings. The molecule has 0 aliphatic heterocycles. The number of unbranched alkanes of at least 4 members (excludes halogenated alkanes) is 2. The molecule has 0 radical (unpaired) electrons. The lowest BCUT2D eigenvalue weighted by molar-refractivity contribution is 0.392. The molecule has 96 valence electrons. The molecule has 0 heterocycles. The SMILES string of the molecule is CCCCCC(N)c1cc(OC)cc(OC)c1. The monoisotopic (exact) mass is 237 g/mol. The Balaban J connectivity index is 2.73. The molecule has 1 aromatic carbocycles. The molecule has 0 spiro atoms. The van der Waals surface area contributed by atoms with Gasteiger partial charge in [0.15, 0.2) is 0 Å². The van der Waals surface area contributed by atoms with Crippen LogP contribution in [-0.4, -0.2) is 14.2 Å². The highest BCUT2D eigenvalue weighted by atomic mass is 16.5. The van der Waals surface area contributed by atoms with E-state index in [1.165, 1.54) is 12.8 Å². The molecule has 0 bridgehead atoms. The molecule has 0 aliphatic rings. The van der Waals surface area contributed by atoms with Gasteiger partial charge in [-0.1, -0.05) is 26.2 Å². The molecule has 1 rings (SSSR count). The second-order valence-electron chi connectivity index (χ2n) is 4.25. The Kier molecular flexibility index (Phi) is 5.84. The van der Waals surface area contributed by atoms with Gasteiger partial charge < -0.3 is 15.2 Å². The summed E-state index contributed by atoms with van der Waals surface area (Å²) in [4.78, 5) is 0. The van der Waals surface area contributed by atoms with Gasteiger partial charge in [0, 0.05) is 12.1 Å². The smallest absolute Gasteiger partial charge is 0.122 e. The minimum atomic E-state index is 0.0607. The van der Waals surface area contributed by atoms with Gasteiger partial charge in [-0.05, 0) is 24.1 Å². The van der Waals surface area contributed by atoms with Crippen LogP contribution in [0.5, 0.6) is 11.5 Å². The molecule has 3 nitrogen and oxygen atoms in total. The Morgan fingerprint density at radius 3 is 2.12 bits per heavy atom. The standard InChI is InChI=1S/C14H23NO2/c1-4-5-6-7-14(15)11-8-12(16-2)10-13(9-11)17-3/h8-10,14H,4-7,15H2,1-3H3. The summed E-state index contributed by atoms with van der Waals surface area (Å²) in [5.74, 6) is 1.59. The summed E-state index contributed by atoms with van der Waals surface area (Å²) >= 11 is 0. The van der Waals surface area contributed by atoms with Crippen LogP contribution in [0.15, 0.2) is 18.2 Å². The first-order valence-electron chi connectivity index (χ1n) is 6.19. The summed E-state index contributed by atoms with van der Waals surface area (Å²) in [6, 6.07) is 5.89. The van der Waals surface area contributed by atoms with Gasteiger partial charge in [0.25, 0.3) is 0 Å². The molecular formula is C14H23NO2. The normalized spacial score (nSPS) is 12.2. The van der Waals surface area contributed by atoms with E-state index in [1.807, 2.05) is 18.2 Å². The summed E-state index contributed by atoms with van der Waals surface area (Å²) in [6.07, 6.45) is 4.62. The third kappa shape index (κ3) is 4.27. The Morgan fingerprint density at radius 2 is 1.65 bits per heavy atom. The number of hydrogen-bond donors (Lipinski definition) is 1. The summed E-state index contributed by atoms with van der Waals surface area (Å²) in [7, 11) is 3.31. The number of ether oxygens (including phenoxy) is 2. The first-order chi connectivity index (χ1) is 8.21. The van der Waals surface area contributed by atoms with Crippen LogP contribution < -0.4 is 15.2 Å². The molecule has 0 amide bonds. The maximum absolute atomic E-state index is 6.17. The van der Waals surface area contributed by atoms with E-state index in [0.717, 1.165) is 29.9 Å². The Labute approximate surface area is 104 Å². The van der Waals surface area contributed by atoms with E-state index in [1.54, 1.807) is 14.2 Å². The van der Waals surface area contributed by atoms with Gasteiger partial charge in [-0.3, -0.25) is 0 Å². The van der Waals surface area contributed by atoms with Crippen LogP contribution in [0.1, 0.15) is 44.2 Å². The minimum absolute atomic E-state index is 0.0607. The minimum Gasteiger partial charge on any atom is -0.497 e. The van der Waals surface area contributed by atoms with Crippen molar-refractivity contribution < 1.29 is 9.47 Å². The van der Waals surface area contributed by atoms with Crippen molar-refractivity contribution in [1.29, 1.82) is 0 Å². The van der Waals surface area contributed by atoms with Gasteiger partial charge in [-0.2, -0.15) is 0 Å². The van der Waals surface area contributed by atoms with Gasteiger partial charge in [-0.25, -0.2) is 0 Å². The Morgan fingerprint density at radius 1 is 1.06 bits per heavy atom. The Hall–Kier alpha value is -1.22. The number of methoxy groups -OCH3 is 2. The molecule has 17 heavy (non-hydrogen) atoms. The number of hydrogen-bond acceptors (Lipinski definition) is 3. The van der Waals surface area contributed by atoms with E-state index in [4.69, 9.17) is 15.2 Å². The summed E-state index contributed by atoms with van der Waals surface area (Å²) < 4.78 is 10.5. The molecule has 0 saturated carbocycles. The number of benzene rings is 1.